The Kier molecular flexibility index (Phi) is 20.0. The van der Waals surface area contributed by atoms with Crippen LogP contribution in [0.2, 0.25) is 0 Å². The van der Waals surface area contributed by atoms with Gasteiger partial charge in [-0.25, -0.2) is 0 Å². The minimum atomic E-state index is 0. The first-order valence-electron chi connectivity index (χ1n) is 0.454. The zero-order valence-corrected chi connectivity index (χ0v) is 5.49. The van der Waals surface area contributed by atoms with Crippen molar-refractivity contribution in [3.8, 4) is 0 Å². The fraction of sp³-hybridized carbons (Fsp3) is 0. The third kappa shape index (κ3) is 11.8. The predicted molar refractivity (Wildman–Crippen MR) is 20.8 cm³/mol. The predicted octanol–water partition coefficient (Wildman–Crippen LogP) is 0.609. The molecule has 27 valence electrons. The fourth-order valence-electron chi connectivity index (χ4n) is 0. The summed E-state index contributed by atoms with van der Waals surface area (Å²) in [5.74, 6) is 0. The Balaban J connectivity index is 0. The summed E-state index contributed by atoms with van der Waals surface area (Å²) in [6.07, 6.45) is 0. The summed E-state index contributed by atoms with van der Waals surface area (Å²) in [4.78, 5) is 8.79. The van der Waals surface area contributed by atoms with Crippen LogP contribution in [-0.2, 0) is 24.3 Å². The first kappa shape index (κ1) is 8.90. The van der Waals surface area contributed by atoms with Gasteiger partial charge in [0.1, 0.15) is 0 Å². The molecule has 0 atom stereocenters. The molecule has 0 aliphatic carbocycles. The normalized spacial score (nSPS) is 3.25. The molecule has 0 saturated carbocycles. The zero-order valence-electron chi connectivity index (χ0n) is 1.70. The number of rotatable bonds is 0. The minimum absolute atomic E-state index is 0. The molecule has 0 aromatic heterocycles. The van der Waals surface area contributed by atoms with Crippen molar-refractivity contribution in [2.45, 2.75) is 0 Å². The van der Waals surface area contributed by atoms with Crippen LogP contribution in [0.5, 0.6) is 0 Å². The Bertz CT molecular complexity index is 15.5. The van der Waals surface area contributed by atoms with E-state index in [0.717, 1.165) is 4.29 Å². The molecular weight excluding hydrogens is 258 g/mol. The molecule has 1 radical (unpaired) electrons. The molecule has 0 bridgehead atoms. The molecule has 0 unspecified atom stereocenters. The Morgan fingerprint density at radius 1 is 1.75 bits per heavy atom. The fourth-order valence-corrected chi connectivity index (χ4v) is 0. The van der Waals surface area contributed by atoms with Gasteiger partial charge in [-0.05, 0) is 22.6 Å². The van der Waals surface area contributed by atoms with Crippen LogP contribution < -0.4 is 0 Å². The maximum Gasteiger partial charge on any atom is 0.179 e. The van der Waals surface area contributed by atoms with Gasteiger partial charge in [0.2, 0.25) is 0 Å². The standard InChI is InChI=1S/CHIO.Rh/c2-1-3;/h1H;. The van der Waals surface area contributed by atoms with Crippen LogP contribution in [0.15, 0.2) is 0 Å². The Labute approximate surface area is 51.0 Å². The van der Waals surface area contributed by atoms with E-state index >= 15 is 0 Å². The number of carbonyl (C=O) groups excluding carboxylic acids is 1. The van der Waals surface area contributed by atoms with Crippen molar-refractivity contribution in [2.75, 3.05) is 0 Å². The van der Waals surface area contributed by atoms with Crippen molar-refractivity contribution in [2.24, 2.45) is 0 Å². The Hall–Kier alpha value is 1.02. The van der Waals surface area contributed by atoms with E-state index in [1.54, 1.807) is 22.6 Å². The third-order valence-corrected chi connectivity index (χ3v) is 0. The van der Waals surface area contributed by atoms with Crippen molar-refractivity contribution in [3.05, 3.63) is 0 Å². The zero-order chi connectivity index (χ0) is 2.71. The molecule has 0 N–H and O–H groups in total. The van der Waals surface area contributed by atoms with E-state index in [0.29, 0.717) is 0 Å². The van der Waals surface area contributed by atoms with Gasteiger partial charge in [0.15, 0.2) is 4.29 Å². The minimum Gasteiger partial charge on any atom is -0.292 e. The molecule has 0 amide bonds. The van der Waals surface area contributed by atoms with Gasteiger partial charge in [0.25, 0.3) is 0 Å². The molecule has 0 aliphatic rings. The van der Waals surface area contributed by atoms with Crippen LogP contribution in [0.25, 0.3) is 0 Å². The van der Waals surface area contributed by atoms with Crippen LogP contribution in [0, 0.1) is 0 Å². The van der Waals surface area contributed by atoms with E-state index in [-0.39, 0.29) is 19.5 Å². The third-order valence-electron chi connectivity index (χ3n) is 0. The van der Waals surface area contributed by atoms with E-state index in [4.69, 9.17) is 4.79 Å². The summed E-state index contributed by atoms with van der Waals surface area (Å²) in [6, 6.07) is 0. The number of hydrogen-bond acceptors (Lipinski definition) is 1. The van der Waals surface area contributed by atoms with E-state index in [1.165, 1.54) is 0 Å². The van der Waals surface area contributed by atoms with Crippen LogP contribution >= 0.6 is 22.6 Å². The summed E-state index contributed by atoms with van der Waals surface area (Å²) in [6.45, 7) is 0. The molecule has 0 aromatic rings. The van der Waals surface area contributed by atoms with Gasteiger partial charge < -0.3 is 0 Å². The molecule has 0 aromatic carbocycles. The van der Waals surface area contributed by atoms with Crippen LogP contribution in [-0.4, -0.2) is 4.29 Å². The molecule has 0 heterocycles. The Morgan fingerprint density at radius 3 is 1.75 bits per heavy atom. The van der Waals surface area contributed by atoms with Crippen molar-refractivity contribution in [1.82, 2.24) is 0 Å². The monoisotopic (exact) mass is 259 g/mol. The summed E-state index contributed by atoms with van der Waals surface area (Å²) in [7, 11) is 0. The van der Waals surface area contributed by atoms with Gasteiger partial charge in [-0.2, -0.15) is 0 Å². The first-order chi connectivity index (χ1) is 1.41. The number of carbonyl (C=O) groups is 1. The molecule has 0 spiro atoms. The molecule has 0 rings (SSSR count). The van der Waals surface area contributed by atoms with Gasteiger partial charge in [-0.1, -0.05) is 0 Å². The topological polar surface area (TPSA) is 17.1 Å². The second-order valence-electron chi connectivity index (χ2n) is 0.0891. The quantitative estimate of drug-likeness (QED) is 0.269. The summed E-state index contributed by atoms with van der Waals surface area (Å²) in [5, 5.41) is 0. The molecule has 0 saturated heterocycles. The van der Waals surface area contributed by atoms with Crippen molar-refractivity contribution in [3.63, 3.8) is 0 Å². The SMILES string of the molecule is O=CI.[Rh]. The van der Waals surface area contributed by atoms with Gasteiger partial charge in [-0.15, -0.1) is 0 Å². The maximum atomic E-state index is 8.79. The van der Waals surface area contributed by atoms with Crippen LogP contribution in [0.1, 0.15) is 0 Å². The molecule has 0 aliphatic heterocycles. The van der Waals surface area contributed by atoms with Gasteiger partial charge >= 0.3 is 0 Å². The van der Waals surface area contributed by atoms with E-state index in [9.17, 15) is 0 Å². The summed E-state index contributed by atoms with van der Waals surface area (Å²) >= 11 is 1.61. The van der Waals surface area contributed by atoms with Crippen LogP contribution in [0.3, 0.4) is 0 Å². The molecule has 3 heteroatoms. The average Bonchev–Trinajstić information content (AvgIpc) is 0.918. The summed E-state index contributed by atoms with van der Waals surface area (Å²) < 4.78 is 0.720. The molecular formula is CHIORh. The number of hydrogen-bond donors (Lipinski definition) is 0. The van der Waals surface area contributed by atoms with Crippen molar-refractivity contribution in [1.29, 1.82) is 0 Å². The molecule has 1 nitrogen and oxygen atoms in total. The Morgan fingerprint density at radius 2 is 1.75 bits per heavy atom. The average molecular weight is 259 g/mol. The first-order valence-corrected chi connectivity index (χ1v) is 1.70. The smallest absolute Gasteiger partial charge is 0.179 e. The maximum absolute atomic E-state index is 8.79. The van der Waals surface area contributed by atoms with Crippen molar-refractivity contribution < 1.29 is 24.3 Å². The van der Waals surface area contributed by atoms with Gasteiger partial charge in [-0.3, -0.25) is 4.79 Å². The summed E-state index contributed by atoms with van der Waals surface area (Å²) in [5.41, 5.74) is 0. The number of halogens is 1. The van der Waals surface area contributed by atoms with Gasteiger partial charge in [0.05, 0.1) is 0 Å². The molecule has 4 heavy (non-hydrogen) atoms. The largest absolute Gasteiger partial charge is 0.292 e. The van der Waals surface area contributed by atoms with E-state index in [1.807, 2.05) is 0 Å². The van der Waals surface area contributed by atoms with Crippen molar-refractivity contribution >= 4 is 26.9 Å². The second kappa shape index (κ2) is 8.98. The van der Waals surface area contributed by atoms with E-state index < -0.39 is 0 Å². The van der Waals surface area contributed by atoms with Crippen LogP contribution in [0.4, 0.5) is 0 Å². The second-order valence-corrected chi connectivity index (χ2v) is 0.598. The molecule has 0 fully saturated rings. The van der Waals surface area contributed by atoms with Gasteiger partial charge in [0, 0.05) is 19.5 Å². The van der Waals surface area contributed by atoms with E-state index in [2.05, 4.69) is 0 Å².